The Hall–Kier alpha value is -2.58. The fourth-order valence-electron chi connectivity index (χ4n) is 3.70. The number of anilines is 1. The van der Waals surface area contributed by atoms with Gasteiger partial charge in [0.25, 0.3) is 0 Å². The molecule has 0 spiro atoms. The summed E-state index contributed by atoms with van der Waals surface area (Å²) >= 11 is 0. The molecule has 0 aliphatic carbocycles. The molecule has 2 heterocycles. The zero-order valence-electron chi connectivity index (χ0n) is 14.4. The Kier molecular flexibility index (Phi) is 5.12. The number of carbonyl (C=O) groups is 3. The highest BCUT2D eigenvalue weighted by Crippen LogP contribution is 2.38. The smallest absolute Gasteiger partial charge is 0.394 e. The Labute approximate surface area is 153 Å². The van der Waals surface area contributed by atoms with Crippen LogP contribution < -0.4 is 4.90 Å². The van der Waals surface area contributed by atoms with Gasteiger partial charge >= 0.3 is 12.1 Å². The van der Waals surface area contributed by atoms with E-state index >= 15 is 0 Å². The van der Waals surface area contributed by atoms with Crippen molar-refractivity contribution in [2.24, 2.45) is 11.8 Å². The number of alkyl halides is 3. The average Bonchev–Trinajstić information content (AvgIpc) is 3.07. The molecule has 0 saturated carbocycles. The third kappa shape index (κ3) is 3.91. The van der Waals surface area contributed by atoms with Gasteiger partial charge < -0.3 is 14.9 Å². The van der Waals surface area contributed by atoms with Gasteiger partial charge in [-0.2, -0.15) is 13.2 Å². The molecule has 2 aliphatic rings. The number of halogens is 3. The number of fused-ring (bicyclic) bond motifs is 1. The second-order valence-electron chi connectivity index (χ2n) is 6.82. The van der Waals surface area contributed by atoms with Crippen molar-refractivity contribution >= 4 is 23.5 Å². The highest BCUT2D eigenvalue weighted by atomic mass is 19.4. The van der Waals surface area contributed by atoms with Crippen LogP contribution in [-0.4, -0.2) is 53.6 Å². The van der Waals surface area contributed by atoms with E-state index in [1.54, 1.807) is 12.1 Å². The van der Waals surface area contributed by atoms with Crippen molar-refractivity contribution < 1.29 is 32.7 Å². The molecule has 27 heavy (non-hydrogen) atoms. The summed E-state index contributed by atoms with van der Waals surface area (Å²) in [6, 6.07) is 7.29. The Morgan fingerprint density at radius 3 is 2.48 bits per heavy atom. The molecule has 146 valence electrons. The summed E-state index contributed by atoms with van der Waals surface area (Å²) in [5, 5.41) is 9.03. The van der Waals surface area contributed by atoms with E-state index in [1.165, 1.54) is 4.90 Å². The fourth-order valence-corrected chi connectivity index (χ4v) is 3.70. The maximum Gasteiger partial charge on any atom is 0.394 e. The topological polar surface area (TPSA) is 77.9 Å². The first kappa shape index (κ1) is 19.2. The van der Waals surface area contributed by atoms with Crippen molar-refractivity contribution in [3.8, 4) is 0 Å². The number of carboxylic acid groups (broad SMARTS) is 1. The number of carbonyl (C=O) groups excluding carboxylic acids is 2. The molecule has 0 aromatic heterocycles. The minimum Gasteiger partial charge on any atom is -0.481 e. The van der Waals surface area contributed by atoms with Gasteiger partial charge in [-0.3, -0.25) is 14.4 Å². The van der Waals surface area contributed by atoms with Crippen LogP contribution in [0.1, 0.15) is 18.4 Å². The van der Waals surface area contributed by atoms with E-state index in [0.29, 0.717) is 18.5 Å². The lowest BCUT2D eigenvalue weighted by Gasteiger charge is -2.29. The van der Waals surface area contributed by atoms with E-state index < -0.39 is 43.0 Å². The zero-order chi connectivity index (χ0) is 19.8. The highest BCUT2D eigenvalue weighted by molar-refractivity contribution is 5.97. The summed E-state index contributed by atoms with van der Waals surface area (Å²) in [6.07, 6.45) is -3.91. The van der Waals surface area contributed by atoms with Crippen LogP contribution in [0.25, 0.3) is 0 Å². The number of aryl methyl sites for hydroxylation is 1. The van der Waals surface area contributed by atoms with Gasteiger partial charge in [0.2, 0.25) is 11.8 Å². The number of rotatable bonds is 4. The summed E-state index contributed by atoms with van der Waals surface area (Å²) in [5.41, 5.74) is 1.69. The minimum atomic E-state index is -4.68. The SMILES string of the molecule is O=C(O)[C@@H]1CN(C(=O)CCN2C(=O)CCc3ccccc32)C[C@H]1C(F)(F)F. The minimum absolute atomic E-state index is 0.0552. The Morgan fingerprint density at radius 1 is 1.15 bits per heavy atom. The number of nitrogens with zero attached hydrogens (tertiary/aromatic N) is 2. The number of likely N-dealkylation sites (tertiary alicyclic amines) is 1. The molecule has 1 saturated heterocycles. The molecule has 1 aromatic rings. The molecular formula is C18H19F3N2O4. The number of hydrogen-bond acceptors (Lipinski definition) is 3. The van der Waals surface area contributed by atoms with Crippen LogP contribution in [0.2, 0.25) is 0 Å². The monoisotopic (exact) mass is 384 g/mol. The summed E-state index contributed by atoms with van der Waals surface area (Å²) in [5.74, 6) is -6.02. The first-order chi connectivity index (χ1) is 12.7. The van der Waals surface area contributed by atoms with Gasteiger partial charge in [-0.1, -0.05) is 18.2 Å². The van der Waals surface area contributed by atoms with E-state index in [0.717, 1.165) is 10.5 Å². The number of hydrogen-bond donors (Lipinski definition) is 1. The van der Waals surface area contributed by atoms with Crippen LogP contribution in [0.4, 0.5) is 18.9 Å². The van der Waals surface area contributed by atoms with Crippen molar-refractivity contribution in [2.75, 3.05) is 24.5 Å². The van der Waals surface area contributed by atoms with E-state index in [-0.39, 0.29) is 18.9 Å². The van der Waals surface area contributed by atoms with Gasteiger partial charge in [0.1, 0.15) is 0 Å². The lowest BCUT2D eigenvalue weighted by molar-refractivity contribution is -0.188. The third-order valence-electron chi connectivity index (χ3n) is 5.15. The summed E-state index contributed by atoms with van der Waals surface area (Å²) < 4.78 is 39.1. The van der Waals surface area contributed by atoms with Gasteiger partial charge in [-0.25, -0.2) is 0 Å². The van der Waals surface area contributed by atoms with E-state index in [1.807, 2.05) is 12.1 Å². The van der Waals surface area contributed by atoms with Gasteiger partial charge in [-0.15, -0.1) is 0 Å². The van der Waals surface area contributed by atoms with Gasteiger partial charge in [0.15, 0.2) is 0 Å². The van der Waals surface area contributed by atoms with Crippen LogP contribution in [0, 0.1) is 11.8 Å². The predicted octanol–water partition coefficient (Wildman–Crippen LogP) is 2.08. The van der Waals surface area contributed by atoms with Gasteiger partial charge in [-0.05, 0) is 18.1 Å². The normalized spacial score (nSPS) is 22.7. The van der Waals surface area contributed by atoms with Gasteiger partial charge in [0, 0.05) is 38.2 Å². The summed E-state index contributed by atoms with van der Waals surface area (Å²) in [4.78, 5) is 38.1. The van der Waals surface area contributed by atoms with E-state index in [4.69, 9.17) is 5.11 Å². The summed E-state index contributed by atoms with van der Waals surface area (Å²) in [7, 11) is 0. The standard InChI is InChI=1S/C18H19F3N2O4/c19-18(20,21)13-10-22(9-12(13)17(26)27)15(24)7-8-23-14-4-2-1-3-11(14)5-6-16(23)25/h1-4,12-13H,5-10H2,(H,26,27)/t12-,13-/m1/s1. The Bertz CT molecular complexity index is 765. The summed E-state index contributed by atoms with van der Waals surface area (Å²) in [6.45, 7) is -1.08. The molecule has 1 aromatic carbocycles. The number of benzene rings is 1. The average molecular weight is 384 g/mol. The quantitative estimate of drug-likeness (QED) is 0.862. The first-order valence-electron chi connectivity index (χ1n) is 8.64. The third-order valence-corrected chi connectivity index (χ3v) is 5.15. The predicted molar refractivity (Wildman–Crippen MR) is 89.0 cm³/mol. The Balaban J connectivity index is 1.66. The molecule has 0 unspecified atom stereocenters. The lowest BCUT2D eigenvalue weighted by Crippen LogP contribution is -2.39. The van der Waals surface area contributed by atoms with Crippen LogP contribution >= 0.6 is 0 Å². The molecule has 1 fully saturated rings. The molecule has 3 rings (SSSR count). The van der Waals surface area contributed by atoms with Crippen LogP contribution in [0.15, 0.2) is 24.3 Å². The molecule has 2 aliphatic heterocycles. The highest BCUT2D eigenvalue weighted by Gasteiger charge is 2.53. The van der Waals surface area contributed by atoms with Crippen molar-refractivity contribution in [2.45, 2.75) is 25.4 Å². The van der Waals surface area contributed by atoms with E-state index in [9.17, 15) is 27.6 Å². The van der Waals surface area contributed by atoms with Crippen molar-refractivity contribution in [3.05, 3.63) is 29.8 Å². The van der Waals surface area contributed by atoms with Crippen LogP contribution in [0.3, 0.4) is 0 Å². The number of carboxylic acids is 1. The zero-order valence-corrected chi connectivity index (χ0v) is 14.4. The Morgan fingerprint density at radius 2 is 1.85 bits per heavy atom. The largest absolute Gasteiger partial charge is 0.481 e. The molecule has 6 nitrogen and oxygen atoms in total. The lowest BCUT2D eigenvalue weighted by atomic mass is 9.96. The number of amides is 2. The molecular weight excluding hydrogens is 365 g/mol. The molecule has 2 atom stereocenters. The number of aliphatic carboxylic acids is 1. The molecule has 1 N–H and O–H groups in total. The van der Waals surface area contributed by atoms with Crippen molar-refractivity contribution in [1.82, 2.24) is 4.90 Å². The second kappa shape index (κ2) is 7.21. The maximum atomic E-state index is 13.0. The molecule has 2 amide bonds. The first-order valence-corrected chi connectivity index (χ1v) is 8.64. The molecule has 0 radical (unpaired) electrons. The fraction of sp³-hybridized carbons (Fsp3) is 0.500. The molecule has 9 heteroatoms. The van der Waals surface area contributed by atoms with Crippen LogP contribution in [-0.2, 0) is 20.8 Å². The van der Waals surface area contributed by atoms with E-state index in [2.05, 4.69) is 0 Å². The molecule has 0 bridgehead atoms. The van der Waals surface area contributed by atoms with Crippen molar-refractivity contribution in [1.29, 1.82) is 0 Å². The van der Waals surface area contributed by atoms with Crippen LogP contribution in [0.5, 0.6) is 0 Å². The van der Waals surface area contributed by atoms with Crippen molar-refractivity contribution in [3.63, 3.8) is 0 Å². The maximum absolute atomic E-state index is 13.0. The second-order valence-corrected chi connectivity index (χ2v) is 6.82. The number of para-hydroxylation sites is 1. The van der Waals surface area contributed by atoms with Gasteiger partial charge in [0.05, 0.1) is 11.8 Å².